The molecule has 0 aliphatic rings. The van der Waals surface area contributed by atoms with Gasteiger partial charge >= 0.3 is 0 Å². The number of hydrogen-bond acceptors (Lipinski definition) is 6. The van der Waals surface area contributed by atoms with Crippen LogP contribution in [0, 0.1) is 0 Å². The summed E-state index contributed by atoms with van der Waals surface area (Å²) in [5.74, 6) is -0.542. The Morgan fingerprint density at radius 3 is 2.08 bits per heavy atom. The van der Waals surface area contributed by atoms with Crippen LogP contribution in [0.4, 0.5) is 0 Å². The maximum atomic E-state index is 11.4. The number of hydroxylamine groups is 1. The van der Waals surface area contributed by atoms with Crippen LogP contribution in [-0.2, 0) is 4.79 Å². The van der Waals surface area contributed by atoms with E-state index in [-0.39, 0.29) is 12.5 Å². The molecular formula is C17H37N3O4. The molecule has 0 aromatic carbocycles. The van der Waals surface area contributed by atoms with Crippen LogP contribution in [0.15, 0.2) is 0 Å². The first-order chi connectivity index (χ1) is 11.5. The van der Waals surface area contributed by atoms with Crippen LogP contribution >= 0.6 is 0 Å². The molecule has 1 amide bonds. The molecule has 24 heavy (non-hydrogen) atoms. The van der Waals surface area contributed by atoms with Crippen molar-refractivity contribution in [3.63, 3.8) is 0 Å². The topological polar surface area (TPSA) is 114 Å². The van der Waals surface area contributed by atoms with Crippen molar-refractivity contribution in [1.29, 1.82) is 0 Å². The highest BCUT2D eigenvalue weighted by atomic mass is 16.5. The quantitative estimate of drug-likeness (QED) is 0.149. The van der Waals surface area contributed by atoms with E-state index in [1.807, 2.05) is 13.8 Å². The van der Waals surface area contributed by atoms with E-state index in [1.54, 1.807) is 5.48 Å². The molecule has 0 spiro atoms. The first kappa shape index (κ1) is 23.3. The number of amides is 1. The van der Waals surface area contributed by atoms with E-state index >= 15 is 0 Å². The van der Waals surface area contributed by atoms with Gasteiger partial charge in [0.25, 0.3) is 0 Å². The minimum atomic E-state index is -0.689. The molecule has 0 aromatic rings. The molecule has 4 atom stereocenters. The summed E-state index contributed by atoms with van der Waals surface area (Å²) >= 11 is 0. The summed E-state index contributed by atoms with van der Waals surface area (Å²) in [4.78, 5) is 11.4. The minimum absolute atomic E-state index is 0.0169. The Morgan fingerprint density at radius 2 is 1.54 bits per heavy atom. The van der Waals surface area contributed by atoms with Crippen molar-refractivity contribution < 1.29 is 20.2 Å². The van der Waals surface area contributed by atoms with E-state index in [2.05, 4.69) is 17.6 Å². The van der Waals surface area contributed by atoms with Crippen molar-refractivity contribution in [3.05, 3.63) is 0 Å². The van der Waals surface area contributed by atoms with Gasteiger partial charge in [0, 0.05) is 25.0 Å². The Bertz CT molecular complexity index is 318. The summed E-state index contributed by atoms with van der Waals surface area (Å²) in [5.41, 5.74) is 1.59. The van der Waals surface area contributed by atoms with Crippen molar-refractivity contribution in [3.8, 4) is 0 Å². The summed E-state index contributed by atoms with van der Waals surface area (Å²) in [6.07, 6.45) is 4.56. The predicted octanol–water partition coefficient (Wildman–Crippen LogP) is 0.920. The molecule has 0 bridgehead atoms. The van der Waals surface area contributed by atoms with E-state index in [9.17, 15) is 15.0 Å². The highest BCUT2D eigenvalue weighted by molar-refractivity contribution is 5.75. The lowest BCUT2D eigenvalue weighted by molar-refractivity contribution is -0.130. The zero-order valence-corrected chi connectivity index (χ0v) is 15.4. The molecule has 144 valence electrons. The molecule has 7 heteroatoms. The van der Waals surface area contributed by atoms with Gasteiger partial charge in [-0.2, -0.15) is 0 Å². The van der Waals surface area contributed by atoms with Gasteiger partial charge in [-0.25, -0.2) is 5.48 Å². The predicted molar refractivity (Wildman–Crippen MR) is 94.9 cm³/mol. The average molecular weight is 348 g/mol. The SMILES string of the molecule is CCCCCCNC(CNC(CC(=O)NO)C(O)CC)C(O)CC. The van der Waals surface area contributed by atoms with Crippen molar-refractivity contribution in [2.45, 2.75) is 90.0 Å². The molecule has 0 saturated carbocycles. The van der Waals surface area contributed by atoms with E-state index in [0.717, 1.165) is 13.0 Å². The number of carbonyl (C=O) groups excluding carboxylic acids is 1. The summed E-state index contributed by atoms with van der Waals surface area (Å²) in [7, 11) is 0. The Morgan fingerprint density at radius 1 is 0.917 bits per heavy atom. The largest absolute Gasteiger partial charge is 0.392 e. The van der Waals surface area contributed by atoms with Gasteiger partial charge < -0.3 is 20.8 Å². The fourth-order valence-corrected chi connectivity index (χ4v) is 2.62. The molecule has 7 nitrogen and oxygen atoms in total. The number of aliphatic hydroxyl groups is 2. The van der Waals surface area contributed by atoms with Crippen LogP contribution in [0.2, 0.25) is 0 Å². The second-order valence-corrected chi connectivity index (χ2v) is 6.33. The van der Waals surface area contributed by atoms with Gasteiger partial charge in [-0.05, 0) is 25.8 Å². The normalized spacial score (nSPS) is 16.4. The van der Waals surface area contributed by atoms with E-state index in [4.69, 9.17) is 5.21 Å². The molecule has 0 aliphatic carbocycles. The smallest absolute Gasteiger partial charge is 0.245 e. The lowest BCUT2D eigenvalue weighted by Crippen LogP contribution is -2.52. The molecule has 0 rings (SSSR count). The summed E-state index contributed by atoms with van der Waals surface area (Å²) < 4.78 is 0. The van der Waals surface area contributed by atoms with Crippen molar-refractivity contribution in [1.82, 2.24) is 16.1 Å². The van der Waals surface area contributed by atoms with Crippen LogP contribution in [0.3, 0.4) is 0 Å². The van der Waals surface area contributed by atoms with Gasteiger partial charge in [-0.15, -0.1) is 0 Å². The maximum absolute atomic E-state index is 11.4. The second-order valence-electron chi connectivity index (χ2n) is 6.33. The van der Waals surface area contributed by atoms with Gasteiger partial charge in [0.05, 0.1) is 12.2 Å². The third-order valence-electron chi connectivity index (χ3n) is 4.33. The first-order valence-corrected chi connectivity index (χ1v) is 9.25. The number of nitrogens with one attached hydrogen (secondary N) is 3. The Hall–Kier alpha value is -0.730. The van der Waals surface area contributed by atoms with Crippen LogP contribution in [0.1, 0.15) is 65.7 Å². The van der Waals surface area contributed by atoms with Crippen molar-refractivity contribution in [2.75, 3.05) is 13.1 Å². The molecule has 0 fully saturated rings. The molecule has 0 aromatic heterocycles. The molecule has 4 unspecified atom stereocenters. The highest BCUT2D eigenvalue weighted by Gasteiger charge is 2.24. The van der Waals surface area contributed by atoms with Crippen LogP contribution in [-0.4, -0.2) is 58.7 Å². The molecule has 6 N–H and O–H groups in total. The average Bonchev–Trinajstić information content (AvgIpc) is 2.61. The third kappa shape index (κ3) is 10.2. The lowest BCUT2D eigenvalue weighted by Gasteiger charge is -2.28. The summed E-state index contributed by atoms with van der Waals surface area (Å²) in [6, 6.07) is -0.601. The maximum Gasteiger partial charge on any atom is 0.245 e. The molecule has 0 aliphatic heterocycles. The number of rotatable bonds is 15. The molecule has 0 saturated heterocycles. The van der Waals surface area contributed by atoms with Gasteiger partial charge in [-0.3, -0.25) is 10.0 Å². The standard InChI is InChI=1S/C17H37N3O4/c1-4-7-8-9-10-18-14(16(22)6-3)12-19-13(15(21)5-2)11-17(23)20-24/h13-16,18-19,21-22,24H,4-12H2,1-3H3,(H,20,23). The lowest BCUT2D eigenvalue weighted by atomic mass is 10.0. The Balaban J connectivity index is 4.48. The van der Waals surface area contributed by atoms with Crippen LogP contribution in [0.5, 0.6) is 0 Å². The summed E-state index contributed by atoms with van der Waals surface area (Å²) in [6.45, 7) is 7.21. The number of aliphatic hydroxyl groups excluding tert-OH is 2. The monoisotopic (exact) mass is 347 g/mol. The van der Waals surface area contributed by atoms with Crippen molar-refractivity contribution >= 4 is 5.91 Å². The van der Waals surface area contributed by atoms with Gasteiger partial charge in [0.15, 0.2) is 0 Å². The summed E-state index contributed by atoms with van der Waals surface area (Å²) in [5, 5.41) is 35.4. The van der Waals surface area contributed by atoms with Crippen LogP contribution < -0.4 is 16.1 Å². The van der Waals surface area contributed by atoms with E-state index in [0.29, 0.717) is 19.4 Å². The molecule has 0 heterocycles. The fraction of sp³-hybridized carbons (Fsp3) is 0.941. The van der Waals surface area contributed by atoms with Gasteiger partial charge in [-0.1, -0.05) is 40.0 Å². The zero-order valence-electron chi connectivity index (χ0n) is 15.4. The number of unbranched alkanes of at least 4 members (excludes halogenated alkanes) is 3. The first-order valence-electron chi connectivity index (χ1n) is 9.25. The van der Waals surface area contributed by atoms with Crippen LogP contribution in [0.25, 0.3) is 0 Å². The van der Waals surface area contributed by atoms with Gasteiger partial charge in [0.1, 0.15) is 0 Å². The Kier molecular flexibility index (Phi) is 14.2. The number of carbonyl (C=O) groups is 1. The van der Waals surface area contributed by atoms with Crippen molar-refractivity contribution in [2.24, 2.45) is 0 Å². The van der Waals surface area contributed by atoms with E-state index in [1.165, 1.54) is 19.3 Å². The minimum Gasteiger partial charge on any atom is -0.392 e. The van der Waals surface area contributed by atoms with Gasteiger partial charge in [0.2, 0.25) is 5.91 Å². The Labute approximate surface area is 146 Å². The third-order valence-corrected chi connectivity index (χ3v) is 4.33. The fourth-order valence-electron chi connectivity index (χ4n) is 2.62. The molecule has 0 radical (unpaired) electrons. The molecular weight excluding hydrogens is 310 g/mol. The number of hydrogen-bond donors (Lipinski definition) is 6. The van der Waals surface area contributed by atoms with E-state index < -0.39 is 24.2 Å². The highest BCUT2D eigenvalue weighted by Crippen LogP contribution is 2.06. The second kappa shape index (κ2) is 14.6. The zero-order chi connectivity index (χ0) is 18.4.